The molecule has 0 rings (SSSR count). The molecule has 0 aliphatic carbocycles. The second kappa shape index (κ2) is 4.56. The molecule has 0 saturated carbocycles. The summed E-state index contributed by atoms with van der Waals surface area (Å²) in [6.45, 7) is 0. The third-order valence-corrected chi connectivity index (χ3v) is 0. The molecule has 0 heterocycles. The SMILES string of the molecule is O=C(O)S.[Au+]. The van der Waals surface area contributed by atoms with E-state index in [0.29, 0.717) is 0 Å². The standard InChI is InChI=1S/CH2O2S.Au/c2-1(3)4;/h4H,(H,2,3);/q;+1. The van der Waals surface area contributed by atoms with Gasteiger partial charge in [0.25, 0.3) is 0 Å². The van der Waals surface area contributed by atoms with Gasteiger partial charge in [0.1, 0.15) is 0 Å². The quantitative estimate of drug-likeness (QED) is 0.501. The van der Waals surface area contributed by atoms with Gasteiger partial charge in [-0.15, -0.1) is 0 Å². The monoisotopic (exact) mass is 275 g/mol. The molecule has 5 heavy (non-hydrogen) atoms. The molecule has 0 fully saturated rings. The molecule has 0 amide bonds. The van der Waals surface area contributed by atoms with E-state index in [1.165, 1.54) is 0 Å². The topological polar surface area (TPSA) is 37.3 Å². The van der Waals surface area contributed by atoms with Crippen LogP contribution in [0.1, 0.15) is 0 Å². The fraction of sp³-hybridized carbons (Fsp3) is 0. The summed E-state index contributed by atoms with van der Waals surface area (Å²) in [6.07, 6.45) is 0. The Bertz CT molecular complexity index is 32.6. The molecule has 0 saturated heterocycles. The van der Waals surface area contributed by atoms with Crippen LogP contribution in [0.4, 0.5) is 4.79 Å². The van der Waals surface area contributed by atoms with Gasteiger partial charge in [-0.05, 0) is 0 Å². The summed E-state index contributed by atoms with van der Waals surface area (Å²) in [5.74, 6) is 0. The Morgan fingerprint density at radius 1 is 1.80 bits per heavy atom. The molecule has 4 heteroatoms. The van der Waals surface area contributed by atoms with Gasteiger partial charge in [-0.2, -0.15) is 0 Å². The Balaban J connectivity index is 0. The normalized spacial score (nSPS) is 5.00. The van der Waals surface area contributed by atoms with Crippen LogP contribution in [0.3, 0.4) is 0 Å². The number of hydrogen-bond donors (Lipinski definition) is 2. The third kappa shape index (κ3) is 95.2. The van der Waals surface area contributed by atoms with Crippen LogP contribution < -0.4 is 0 Å². The first-order valence-corrected chi connectivity index (χ1v) is 1.10. The molecule has 2 nitrogen and oxygen atoms in total. The zero-order chi connectivity index (χ0) is 3.58. The van der Waals surface area contributed by atoms with Crippen LogP contribution in [0.15, 0.2) is 0 Å². The van der Waals surface area contributed by atoms with E-state index in [1.54, 1.807) is 0 Å². The summed E-state index contributed by atoms with van der Waals surface area (Å²) in [5.41, 5.74) is 0. The van der Waals surface area contributed by atoms with Crippen molar-refractivity contribution < 1.29 is 32.3 Å². The average Bonchev–Trinajstić information content (AvgIpc) is 0.811. The molecular formula is CH2AuO2S+. The molecule has 0 aromatic heterocycles. The van der Waals surface area contributed by atoms with Crippen LogP contribution in [0.5, 0.6) is 0 Å². The largest absolute Gasteiger partial charge is 1.00 e. The summed E-state index contributed by atoms with van der Waals surface area (Å²) in [4.78, 5) is 8.86. The summed E-state index contributed by atoms with van der Waals surface area (Å²) >= 11 is 2.88. The molecule has 0 spiro atoms. The van der Waals surface area contributed by atoms with Crippen LogP contribution in [0.2, 0.25) is 0 Å². The van der Waals surface area contributed by atoms with Gasteiger partial charge in [-0.25, -0.2) is 4.79 Å². The molecule has 0 atom stereocenters. The first-order chi connectivity index (χ1) is 1.73. The van der Waals surface area contributed by atoms with Crippen molar-refractivity contribution in [3.8, 4) is 0 Å². The van der Waals surface area contributed by atoms with Crippen molar-refractivity contribution >= 4 is 17.9 Å². The fourth-order valence-corrected chi connectivity index (χ4v) is 0. The molecule has 1 N–H and O–H groups in total. The predicted molar refractivity (Wildman–Crippen MR) is 17.0 cm³/mol. The molecule has 0 unspecified atom stereocenters. The zero-order valence-corrected chi connectivity index (χ0v) is 5.17. The van der Waals surface area contributed by atoms with Crippen LogP contribution in [0.25, 0.3) is 0 Å². The molecule has 0 aliphatic rings. The van der Waals surface area contributed by atoms with Crippen molar-refractivity contribution in [3.05, 3.63) is 0 Å². The summed E-state index contributed by atoms with van der Waals surface area (Å²) in [6, 6.07) is 0. The van der Waals surface area contributed by atoms with E-state index in [-0.39, 0.29) is 22.4 Å². The second-order valence-electron chi connectivity index (χ2n) is 0.283. The number of thiol groups is 1. The Labute approximate surface area is 50.5 Å². The van der Waals surface area contributed by atoms with E-state index < -0.39 is 5.30 Å². The van der Waals surface area contributed by atoms with Crippen LogP contribution >= 0.6 is 12.6 Å². The minimum atomic E-state index is -1.14. The van der Waals surface area contributed by atoms with Gasteiger partial charge in [0.2, 0.25) is 0 Å². The smallest absolute Gasteiger partial charge is 0.473 e. The molecular weight excluding hydrogens is 273 g/mol. The van der Waals surface area contributed by atoms with Crippen molar-refractivity contribution in [3.63, 3.8) is 0 Å². The van der Waals surface area contributed by atoms with E-state index in [4.69, 9.17) is 9.90 Å². The van der Waals surface area contributed by atoms with Crippen molar-refractivity contribution in [1.29, 1.82) is 0 Å². The minimum Gasteiger partial charge on any atom is -0.473 e. The average molecular weight is 275 g/mol. The number of carboxylic acid groups (broad SMARTS) is 1. The first kappa shape index (κ1) is 9.12. The van der Waals surface area contributed by atoms with Crippen LogP contribution in [0, 0.1) is 0 Å². The maximum absolute atomic E-state index is 8.86. The van der Waals surface area contributed by atoms with Gasteiger partial charge in [0, 0.05) is 0 Å². The Kier molecular flexibility index (Phi) is 8.32. The van der Waals surface area contributed by atoms with Gasteiger partial charge in [-0.1, -0.05) is 12.6 Å². The number of hydrogen-bond acceptors (Lipinski definition) is 1. The van der Waals surface area contributed by atoms with Crippen LogP contribution in [-0.2, 0) is 22.4 Å². The van der Waals surface area contributed by atoms with E-state index >= 15 is 0 Å². The maximum atomic E-state index is 8.86. The van der Waals surface area contributed by atoms with Gasteiger partial charge in [0.15, 0.2) is 0 Å². The van der Waals surface area contributed by atoms with E-state index in [0.717, 1.165) is 0 Å². The van der Waals surface area contributed by atoms with Crippen molar-refractivity contribution in [2.24, 2.45) is 0 Å². The predicted octanol–water partition coefficient (Wildman–Crippen LogP) is 0.592. The van der Waals surface area contributed by atoms with E-state index in [2.05, 4.69) is 12.6 Å². The Hall–Kier alpha value is 0.560. The first-order valence-electron chi connectivity index (χ1n) is 0.651. The molecule has 34 valence electrons. The minimum absolute atomic E-state index is 0. The second-order valence-corrected chi connectivity index (χ2v) is 0.665. The number of rotatable bonds is 0. The molecule has 0 radical (unpaired) electrons. The fourth-order valence-electron chi connectivity index (χ4n) is 0. The van der Waals surface area contributed by atoms with Crippen molar-refractivity contribution in [2.45, 2.75) is 0 Å². The maximum Gasteiger partial charge on any atom is 1.00 e. The summed E-state index contributed by atoms with van der Waals surface area (Å²) < 4.78 is 0. The van der Waals surface area contributed by atoms with E-state index in [9.17, 15) is 0 Å². The molecule has 0 aliphatic heterocycles. The zero-order valence-electron chi connectivity index (χ0n) is 2.10. The van der Waals surface area contributed by atoms with Gasteiger partial charge in [0.05, 0.1) is 0 Å². The molecule has 0 aromatic rings. The van der Waals surface area contributed by atoms with Crippen molar-refractivity contribution in [2.75, 3.05) is 0 Å². The number of carbonyl (C=O) groups is 1. The van der Waals surface area contributed by atoms with Gasteiger partial charge in [-0.3, -0.25) is 0 Å². The Morgan fingerprint density at radius 3 is 1.80 bits per heavy atom. The van der Waals surface area contributed by atoms with Gasteiger partial charge < -0.3 is 5.11 Å². The van der Waals surface area contributed by atoms with Crippen molar-refractivity contribution in [1.82, 2.24) is 0 Å². The Morgan fingerprint density at radius 2 is 1.80 bits per heavy atom. The molecule has 0 aromatic carbocycles. The third-order valence-electron chi connectivity index (χ3n) is 0. The van der Waals surface area contributed by atoms with Gasteiger partial charge >= 0.3 is 27.7 Å². The van der Waals surface area contributed by atoms with E-state index in [1.807, 2.05) is 0 Å². The summed E-state index contributed by atoms with van der Waals surface area (Å²) in [5, 5.41) is 6.14. The van der Waals surface area contributed by atoms with Crippen LogP contribution in [-0.4, -0.2) is 10.4 Å². The molecule has 0 bridgehead atoms. The summed E-state index contributed by atoms with van der Waals surface area (Å²) in [7, 11) is 0.